The van der Waals surface area contributed by atoms with E-state index in [9.17, 15) is 0 Å². The largest absolute Gasteiger partial charge is 0.311 e. The molecule has 2 aromatic rings. The number of hydrogen-bond acceptors (Lipinski definition) is 3. The topological polar surface area (TPSA) is 24.9 Å². The highest BCUT2D eigenvalue weighted by Crippen LogP contribution is 2.20. The third kappa shape index (κ3) is 3.65. The fourth-order valence-corrected chi connectivity index (χ4v) is 2.73. The van der Waals surface area contributed by atoms with Crippen LogP contribution in [0.25, 0.3) is 0 Å². The molecule has 0 saturated carbocycles. The van der Waals surface area contributed by atoms with Crippen molar-refractivity contribution in [1.29, 1.82) is 0 Å². The smallest absolute Gasteiger partial charge is 0.0416 e. The first-order valence-electron chi connectivity index (χ1n) is 5.92. The second kappa shape index (κ2) is 5.94. The van der Waals surface area contributed by atoms with E-state index in [1.807, 2.05) is 29.7 Å². The summed E-state index contributed by atoms with van der Waals surface area (Å²) in [6.45, 7) is 6.29. The first-order chi connectivity index (χ1) is 8.25. The molecule has 2 rings (SSSR count). The number of thiophene rings is 1. The van der Waals surface area contributed by atoms with Gasteiger partial charge in [-0.05, 0) is 37.6 Å². The van der Waals surface area contributed by atoms with Gasteiger partial charge in [-0.15, -0.1) is 11.3 Å². The molecule has 17 heavy (non-hydrogen) atoms. The van der Waals surface area contributed by atoms with Gasteiger partial charge in [-0.25, -0.2) is 0 Å². The Bertz CT molecular complexity index is 443. The van der Waals surface area contributed by atoms with Gasteiger partial charge in [-0.3, -0.25) is 4.98 Å². The van der Waals surface area contributed by atoms with Gasteiger partial charge < -0.3 is 5.32 Å². The number of rotatable bonds is 5. The number of aryl methyl sites for hydroxylation is 2. The minimum absolute atomic E-state index is 0.964. The highest BCUT2D eigenvalue weighted by Gasteiger charge is 2.00. The molecule has 2 heterocycles. The summed E-state index contributed by atoms with van der Waals surface area (Å²) in [7, 11) is 0. The second-order valence-electron chi connectivity index (χ2n) is 4.20. The third-order valence-corrected chi connectivity index (χ3v) is 3.95. The van der Waals surface area contributed by atoms with Crippen LogP contribution in [0.1, 0.15) is 21.0 Å². The molecular formula is C14H18N2S. The predicted octanol–water partition coefficient (Wildman–Crippen LogP) is 3.09. The summed E-state index contributed by atoms with van der Waals surface area (Å²) >= 11 is 1.88. The summed E-state index contributed by atoms with van der Waals surface area (Å²) in [6, 6.07) is 8.33. The van der Waals surface area contributed by atoms with Crippen LogP contribution in [0.3, 0.4) is 0 Å². The zero-order chi connectivity index (χ0) is 12.1. The van der Waals surface area contributed by atoms with E-state index in [2.05, 4.69) is 36.3 Å². The number of hydrogen-bond donors (Lipinski definition) is 1. The standard InChI is InChI=1S/C14H18N2S/c1-11-9-14(17-12(11)2)10-15-8-6-13-5-3-4-7-16-13/h3-5,7,9,15H,6,8,10H2,1-2H3. The van der Waals surface area contributed by atoms with E-state index in [0.29, 0.717) is 0 Å². The Morgan fingerprint density at radius 3 is 2.82 bits per heavy atom. The number of nitrogens with zero attached hydrogens (tertiary/aromatic N) is 1. The predicted molar refractivity (Wildman–Crippen MR) is 73.4 cm³/mol. The molecule has 2 aromatic heterocycles. The van der Waals surface area contributed by atoms with Crippen LogP contribution in [0, 0.1) is 13.8 Å². The molecule has 0 unspecified atom stereocenters. The molecule has 0 spiro atoms. The lowest BCUT2D eigenvalue weighted by Gasteiger charge is -2.02. The summed E-state index contributed by atoms with van der Waals surface area (Å²) in [6.07, 6.45) is 2.84. The molecule has 0 bridgehead atoms. The van der Waals surface area contributed by atoms with Gasteiger partial charge in [0.15, 0.2) is 0 Å². The first kappa shape index (κ1) is 12.3. The van der Waals surface area contributed by atoms with E-state index in [4.69, 9.17) is 0 Å². The van der Waals surface area contributed by atoms with Crippen molar-refractivity contribution < 1.29 is 0 Å². The maximum Gasteiger partial charge on any atom is 0.0416 e. The zero-order valence-corrected chi connectivity index (χ0v) is 11.2. The highest BCUT2D eigenvalue weighted by molar-refractivity contribution is 7.12. The molecule has 0 aliphatic carbocycles. The Hall–Kier alpha value is -1.19. The van der Waals surface area contributed by atoms with Crippen molar-refractivity contribution >= 4 is 11.3 Å². The van der Waals surface area contributed by atoms with Gasteiger partial charge in [-0.2, -0.15) is 0 Å². The summed E-state index contributed by atoms with van der Waals surface area (Å²) in [5.41, 5.74) is 2.55. The van der Waals surface area contributed by atoms with Crippen molar-refractivity contribution in [2.24, 2.45) is 0 Å². The molecule has 2 nitrogen and oxygen atoms in total. The van der Waals surface area contributed by atoms with Gasteiger partial charge in [0.25, 0.3) is 0 Å². The Labute approximate surface area is 107 Å². The van der Waals surface area contributed by atoms with Gasteiger partial charge in [0, 0.05) is 41.2 Å². The van der Waals surface area contributed by atoms with Gasteiger partial charge in [0.1, 0.15) is 0 Å². The molecule has 0 aliphatic heterocycles. The molecule has 0 saturated heterocycles. The highest BCUT2D eigenvalue weighted by atomic mass is 32.1. The lowest BCUT2D eigenvalue weighted by Crippen LogP contribution is -2.16. The lowest BCUT2D eigenvalue weighted by atomic mass is 10.2. The quantitative estimate of drug-likeness (QED) is 0.820. The molecule has 1 N–H and O–H groups in total. The molecule has 0 radical (unpaired) electrons. The van der Waals surface area contributed by atoms with Gasteiger partial charge in [-0.1, -0.05) is 6.07 Å². The fourth-order valence-electron chi connectivity index (χ4n) is 1.71. The van der Waals surface area contributed by atoms with E-state index in [1.165, 1.54) is 15.3 Å². The number of nitrogens with one attached hydrogen (secondary N) is 1. The minimum Gasteiger partial charge on any atom is -0.311 e. The van der Waals surface area contributed by atoms with Crippen molar-refractivity contribution in [1.82, 2.24) is 10.3 Å². The Kier molecular flexibility index (Phi) is 4.29. The minimum atomic E-state index is 0.964. The van der Waals surface area contributed by atoms with Crippen LogP contribution in [0.5, 0.6) is 0 Å². The van der Waals surface area contributed by atoms with Crippen LogP contribution in [0.4, 0.5) is 0 Å². The lowest BCUT2D eigenvalue weighted by molar-refractivity contribution is 0.686. The van der Waals surface area contributed by atoms with Crippen LogP contribution in [0.15, 0.2) is 30.5 Å². The van der Waals surface area contributed by atoms with E-state index in [-0.39, 0.29) is 0 Å². The van der Waals surface area contributed by atoms with Crippen molar-refractivity contribution in [2.75, 3.05) is 6.54 Å². The Balaban J connectivity index is 1.73. The summed E-state index contributed by atoms with van der Waals surface area (Å²) in [5, 5.41) is 3.46. The van der Waals surface area contributed by atoms with Crippen LogP contribution in [-0.4, -0.2) is 11.5 Å². The summed E-state index contributed by atoms with van der Waals surface area (Å²) in [4.78, 5) is 7.14. The molecule has 0 atom stereocenters. The monoisotopic (exact) mass is 246 g/mol. The van der Waals surface area contributed by atoms with Crippen LogP contribution in [-0.2, 0) is 13.0 Å². The van der Waals surface area contributed by atoms with Crippen molar-refractivity contribution in [3.05, 3.63) is 51.5 Å². The summed E-state index contributed by atoms with van der Waals surface area (Å²) in [5.74, 6) is 0. The maximum atomic E-state index is 4.30. The first-order valence-corrected chi connectivity index (χ1v) is 6.74. The fraction of sp³-hybridized carbons (Fsp3) is 0.357. The van der Waals surface area contributed by atoms with E-state index < -0.39 is 0 Å². The normalized spacial score (nSPS) is 10.7. The zero-order valence-electron chi connectivity index (χ0n) is 10.4. The average molecular weight is 246 g/mol. The van der Waals surface area contributed by atoms with Crippen LogP contribution in [0.2, 0.25) is 0 Å². The van der Waals surface area contributed by atoms with Gasteiger partial charge >= 0.3 is 0 Å². The van der Waals surface area contributed by atoms with Gasteiger partial charge in [0.2, 0.25) is 0 Å². The Morgan fingerprint density at radius 2 is 2.18 bits per heavy atom. The molecule has 3 heteroatoms. The third-order valence-electron chi connectivity index (χ3n) is 2.80. The summed E-state index contributed by atoms with van der Waals surface area (Å²) < 4.78 is 0. The molecule has 90 valence electrons. The SMILES string of the molecule is Cc1cc(CNCCc2ccccn2)sc1C. The molecule has 0 amide bonds. The van der Waals surface area contributed by atoms with Crippen LogP contribution < -0.4 is 5.32 Å². The number of aromatic nitrogens is 1. The maximum absolute atomic E-state index is 4.30. The van der Waals surface area contributed by atoms with E-state index in [1.54, 1.807) is 0 Å². The average Bonchev–Trinajstić information content (AvgIpc) is 2.66. The molecular weight excluding hydrogens is 228 g/mol. The number of pyridine rings is 1. The van der Waals surface area contributed by atoms with Crippen molar-refractivity contribution in [3.63, 3.8) is 0 Å². The Morgan fingerprint density at radius 1 is 1.29 bits per heavy atom. The molecule has 0 aliphatic rings. The second-order valence-corrected chi connectivity index (χ2v) is 5.54. The van der Waals surface area contributed by atoms with Crippen LogP contribution >= 0.6 is 11.3 Å². The van der Waals surface area contributed by atoms with Crippen molar-refractivity contribution in [3.8, 4) is 0 Å². The van der Waals surface area contributed by atoms with Crippen molar-refractivity contribution in [2.45, 2.75) is 26.8 Å². The molecule has 0 fully saturated rings. The van der Waals surface area contributed by atoms with Gasteiger partial charge in [0.05, 0.1) is 0 Å². The molecule has 0 aromatic carbocycles. The van der Waals surface area contributed by atoms with E-state index in [0.717, 1.165) is 25.2 Å². The van der Waals surface area contributed by atoms with E-state index >= 15 is 0 Å².